The highest BCUT2D eigenvalue weighted by Gasteiger charge is 2.46. The van der Waals surface area contributed by atoms with Crippen LogP contribution >= 0.6 is 11.8 Å². The lowest BCUT2D eigenvalue weighted by Gasteiger charge is -2.34. The van der Waals surface area contributed by atoms with Gasteiger partial charge in [0, 0.05) is 147 Å². The number of amides is 5. The number of aliphatic imine (C=N–C) groups is 1. The number of pyridine rings is 1. The predicted molar refractivity (Wildman–Crippen MR) is 363 cm³/mol. The molecule has 4 saturated heterocycles. The Morgan fingerprint density at radius 1 is 0.773 bits per heavy atom. The van der Waals surface area contributed by atoms with E-state index in [1.807, 2.05) is 16.7 Å². The number of alkyl halides is 2. The fourth-order valence-corrected chi connectivity index (χ4v) is 14.5. The second kappa shape index (κ2) is 38.7. The van der Waals surface area contributed by atoms with E-state index in [-0.39, 0.29) is 152 Å². The van der Waals surface area contributed by atoms with Crippen LogP contribution < -0.4 is 10.1 Å². The lowest BCUT2D eigenvalue weighted by atomic mass is 9.91. The Morgan fingerprint density at radius 2 is 1.40 bits per heavy atom. The predicted octanol–water partition coefficient (Wildman–Crippen LogP) is 6.09. The molecule has 0 bridgehead atoms. The number of carboxylic acids is 3. The number of ether oxygens (including phenoxy) is 1. The molecule has 3 aromatic rings. The molecule has 3 unspecified atom stereocenters. The van der Waals surface area contributed by atoms with E-state index in [0.717, 1.165) is 43.4 Å². The van der Waals surface area contributed by atoms with Crippen LogP contribution in [-0.2, 0) is 49.6 Å². The topological polar surface area (TPSA) is 301 Å². The fourth-order valence-electron chi connectivity index (χ4n) is 13.2. The summed E-state index contributed by atoms with van der Waals surface area (Å²) in [7, 11) is 1.46. The Balaban J connectivity index is 0.864. The SMILES string of the molecule is C/N=C/[C@H]1CC(F)(F)CN1C(=O)CCC(=O)c1ccnc2ccc(OCCCCC3CCN(C(=O)C(C)CN4C(=O)CC(SCC(CCCCNC(=O)CCCc5ccc(C)cc5)CC(=O)CN5CCN(CC(=O)O)CCN(CC(=O)O)CCN(CC(=O)O)CC5)C4=O)CC3)cc12. The number of imide groups is 1. The average molecular weight is 1370 g/mol. The third-order valence-corrected chi connectivity index (χ3v) is 20.1. The molecule has 0 saturated carbocycles. The number of piperidine rings is 1. The van der Waals surface area contributed by atoms with Crippen LogP contribution in [0.5, 0.6) is 5.75 Å². The molecule has 24 nitrogen and oxygen atoms in total. The van der Waals surface area contributed by atoms with Gasteiger partial charge in [0.15, 0.2) is 5.78 Å². The van der Waals surface area contributed by atoms with Crippen molar-refractivity contribution in [1.29, 1.82) is 0 Å². The van der Waals surface area contributed by atoms with Crippen molar-refractivity contribution < 1.29 is 76.8 Å². The number of ketones is 2. The van der Waals surface area contributed by atoms with Crippen molar-refractivity contribution in [3.8, 4) is 5.75 Å². The minimum Gasteiger partial charge on any atom is -0.494 e. The van der Waals surface area contributed by atoms with Gasteiger partial charge in [-0.25, -0.2) is 8.78 Å². The van der Waals surface area contributed by atoms with Gasteiger partial charge in [0.05, 0.1) is 62.1 Å². The number of hydrogen-bond donors (Lipinski definition) is 4. The lowest BCUT2D eigenvalue weighted by molar-refractivity contribution is -0.143. The highest BCUT2D eigenvalue weighted by atomic mass is 32.2. The molecule has 4 aliphatic heterocycles. The van der Waals surface area contributed by atoms with Crippen molar-refractivity contribution >= 4 is 87.9 Å². The number of Topliss-reactive ketones (excluding diaryl/α,β-unsaturated/α-hetero) is 2. The van der Waals surface area contributed by atoms with Gasteiger partial charge in [-0.2, -0.15) is 0 Å². The summed E-state index contributed by atoms with van der Waals surface area (Å²) in [5, 5.41) is 31.9. The molecule has 2 aromatic carbocycles. The van der Waals surface area contributed by atoms with E-state index < -0.39 is 59.9 Å². The van der Waals surface area contributed by atoms with Crippen molar-refractivity contribution in [3.05, 3.63) is 71.4 Å². The van der Waals surface area contributed by atoms with E-state index in [1.165, 1.54) is 47.2 Å². The molecular weight excluding hydrogens is 1270 g/mol. The largest absolute Gasteiger partial charge is 0.494 e. The van der Waals surface area contributed by atoms with Crippen LogP contribution in [0.1, 0.15) is 125 Å². The highest BCUT2D eigenvalue weighted by molar-refractivity contribution is 8.00. The Labute approximate surface area is 571 Å². The van der Waals surface area contributed by atoms with Gasteiger partial charge >= 0.3 is 17.9 Å². The molecule has 1 aromatic heterocycles. The molecule has 0 radical (unpaired) electrons. The van der Waals surface area contributed by atoms with Crippen LogP contribution in [0, 0.1) is 24.7 Å². The Morgan fingerprint density at radius 3 is 2.02 bits per heavy atom. The quantitative estimate of drug-likeness (QED) is 0.0222. The number of halogens is 2. The fraction of sp³-hybridized carbons (Fsp3) is 0.629. The minimum absolute atomic E-state index is 0.00785. The number of carbonyl (C=O) groups excluding carboxylic acids is 7. The van der Waals surface area contributed by atoms with Gasteiger partial charge in [0.1, 0.15) is 11.5 Å². The molecule has 7 rings (SSSR count). The molecule has 532 valence electrons. The molecule has 4 N–H and O–H groups in total. The van der Waals surface area contributed by atoms with Crippen LogP contribution in [0.2, 0.25) is 0 Å². The first-order valence-electron chi connectivity index (χ1n) is 34.2. The number of unbranched alkanes of at least 4 members (excludes halogenated alkanes) is 2. The number of aromatic nitrogens is 1. The van der Waals surface area contributed by atoms with Gasteiger partial charge in [0.2, 0.25) is 29.5 Å². The third kappa shape index (κ3) is 25.8. The Hall–Kier alpha value is -7.33. The van der Waals surface area contributed by atoms with Crippen LogP contribution in [-0.4, -0.2) is 268 Å². The summed E-state index contributed by atoms with van der Waals surface area (Å²) >= 11 is 1.33. The summed E-state index contributed by atoms with van der Waals surface area (Å²) in [5.41, 5.74) is 3.27. The van der Waals surface area contributed by atoms with Crippen molar-refractivity contribution in [2.75, 3.05) is 131 Å². The van der Waals surface area contributed by atoms with E-state index in [1.54, 1.807) is 45.9 Å². The van der Waals surface area contributed by atoms with Crippen molar-refractivity contribution in [2.45, 2.75) is 134 Å². The molecule has 4 atom stereocenters. The number of fused-ring (bicyclic) bond motifs is 1. The molecule has 4 aliphatic rings. The number of carbonyl (C=O) groups is 10. The number of nitrogens with one attached hydrogen (secondary N) is 1. The standard InChI is InChI=1S/C70H98F2N10O14S/c1-49-13-15-51(16-14-49)11-8-12-62(85)75-24-6-4-10-53(37-55(83)43-76-28-30-77(44-65(88)89)32-34-79(46-67(92)93)35-33-78(31-29-76)45-66(90)91)47-97-61-39-64(87)81(69(61)95)42-50(2)68(94)80-26-22-52(23-27-80)9-5-7-36-96-56-17-18-59-58(38-56)57(21-25-74-59)60(84)19-20-63(86)82-48-70(71,72)40-54(82)41-73-3/h13-18,21,25,38,41,50,52-54,61H,4-12,19-20,22-24,26-37,39-40,42-48H2,1-3H3,(H,75,85)(H,88,89)(H,90,91)(H,92,93)/b73-41+/t50?,53?,54-,61?/m1/s1. The summed E-state index contributed by atoms with van der Waals surface area (Å²) in [5.74, 6) is -7.59. The Kier molecular flexibility index (Phi) is 30.7. The smallest absolute Gasteiger partial charge is 0.317 e. The van der Waals surface area contributed by atoms with Gasteiger partial charge in [-0.15, -0.1) is 11.8 Å². The van der Waals surface area contributed by atoms with Crippen LogP contribution in [0.4, 0.5) is 8.78 Å². The number of rotatable bonds is 36. The maximum absolute atomic E-state index is 14.2. The Bertz CT molecular complexity index is 3180. The van der Waals surface area contributed by atoms with E-state index in [4.69, 9.17) is 4.74 Å². The minimum atomic E-state index is -3.02. The summed E-state index contributed by atoms with van der Waals surface area (Å²) in [6, 6.07) is 14.3. The first-order valence-corrected chi connectivity index (χ1v) is 35.2. The highest BCUT2D eigenvalue weighted by Crippen LogP contribution is 2.34. The zero-order valence-electron chi connectivity index (χ0n) is 56.4. The van der Waals surface area contributed by atoms with Gasteiger partial charge in [-0.1, -0.05) is 49.6 Å². The summed E-state index contributed by atoms with van der Waals surface area (Å²) in [6.45, 7) is 6.08. The monoisotopic (exact) mass is 1370 g/mol. The number of hydrogen-bond acceptors (Lipinski definition) is 18. The number of benzene rings is 2. The van der Waals surface area contributed by atoms with Gasteiger partial charge in [0.25, 0.3) is 5.92 Å². The number of carboxylic acid groups (broad SMARTS) is 3. The number of aryl methyl sites for hydroxylation is 2. The maximum atomic E-state index is 14.2. The summed E-state index contributed by atoms with van der Waals surface area (Å²) in [6.07, 6.45) is 10.0. The number of aliphatic carboxylic acids is 3. The first kappa shape index (κ1) is 77.0. The maximum Gasteiger partial charge on any atom is 0.317 e. The molecule has 97 heavy (non-hydrogen) atoms. The van der Waals surface area contributed by atoms with E-state index >= 15 is 0 Å². The zero-order valence-corrected chi connectivity index (χ0v) is 57.2. The molecule has 4 fully saturated rings. The number of thioether (sulfide) groups is 1. The third-order valence-electron chi connectivity index (χ3n) is 18.6. The molecule has 0 aliphatic carbocycles. The zero-order chi connectivity index (χ0) is 70.0. The first-order chi connectivity index (χ1) is 46.4. The van der Waals surface area contributed by atoms with Gasteiger partial charge in [-0.05, 0) is 106 Å². The van der Waals surface area contributed by atoms with Crippen molar-refractivity contribution in [1.82, 2.24) is 44.6 Å². The lowest BCUT2D eigenvalue weighted by Crippen LogP contribution is -2.49. The normalized spacial score (nSPS) is 19.6. The number of nitrogens with zero attached hydrogens (tertiary/aromatic N) is 9. The van der Waals surface area contributed by atoms with Crippen LogP contribution in [0.15, 0.2) is 59.7 Å². The van der Waals surface area contributed by atoms with Gasteiger partial charge < -0.3 is 35.2 Å². The number of likely N-dealkylation sites (tertiary alicyclic amines) is 3. The van der Waals surface area contributed by atoms with Crippen molar-refractivity contribution in [2.24, 2.45) is 22.7 Å². The summed E-state index contributed by atoms with van der Waals surface area (Å²) in [4.78, 5) is 150. The van der Waals surface area contributed by atoms with E-state index in [2.05, 4.69) is 39.6 Å². The summed E-state index contributed by atoms with van der Waals surface area (Å²) < 4.78 is 34.5. The van der Waals surface area contributed by atoms with Crippen LogP contribution in [0.25, 0.3) is 10.9 Å². The second-order valence-corrected chi connectivity index (χ2v) is 27.7. The molecule has 5 amide bonds. The molecular formula is C70H98F2N10O14S. The van der Waals surface area contributed by atoms with E-state index in [0.29, 0.717) is 92.2 Å². The molecule has 0 spiro atoms. The second-order valence-electron chi connectivity index (χ2n) is 26.5. The van der Waals surface area contributed by atoms with E-state index in [9.17, 15) is 72.0 Å². The van der Waals surface area contributed by atoms with Gasteiger partial charge in [-0.3, -0.25) is 82.4 Å². The molecule has 5 heterocycles. The average Bonchev–Trinajstić information content (AvgIpc) is 1.82. The van der Waals surface area contributed by atoms with Crippen LogP contribution in [0.3, 0.4) is 0 Å². The van der Waals surface area contributed by atoms with Crippen molar-refractivity contribution in [3.63, 3.8) is 0 Å². The molecule has 27 heteroatoms.